The van der Waals surface area contributed by atoms with Gasteiger partial charge in [-0.1, -0.05) is 5.21 Å². The minimum Gasteiger partial charge on any atom is -0.348 e. The molecule has 0 atom stereocenters. The number of halogens is 1. The van der Waals surface area contributed by atoms with Gasteiger partial charge < -0.3 is 5.32 Å². The number of aryl methyl sites for hydroxylation is 1. The van der Waals surface area contributed by atoms with Gasteiger partial charge in [0.1, 0.15) is 12.5 Å². The molecular formula is C12H15FN6O2. The number of alkyl halides is 1. The van der Waals surface area contributed by atoms with E-state index in [4.69, 9.17) is 0 Å². The van der Waals surface area contributed by atoms with Gasteiger partial charge in [0.05, 0.1) is 0 Å². The molecule has 1 amide bonds. The molecule has 0 aliphatic heterocycles. The van der Waals surface area contributed by atoms with Crippen molar-refractivity contribution >= 4 is 11.6 Å². The van der Waals surface area contributed by atoms with Crippen molar-refractivity contribution in [3.05, 3.63) is 22.5 Å². The average Bonchev–Trinajstić information content (AvgIpc) is 2.90. The van der Waals surface area contributed by atoms with Crippen LogP contribution in [-0.4, -0.2) is 42.5 Å². The minimum absolute atomic E-state index is 0.0579. The molecule has 1 aliphatic rings. The van der Waals surface area contributed by atoms with Gasteiger partial charge in [0.15, 0.2) is 11.3 Å². The molecule has 1 saturated carbocycles. The number of nitrogens with zero attached hydrogens (tertiary/aromatic N) is 5. The summed E-state index contributed by atoms with van der Waals surface area (Å²) in [5, 5.41) is 10.3. The molecule has 9 heteroatoms. The summed E-state index contributed by atoms with van der Waals surface area (Å²) in [4.78, 5) is 27.9. The number of rotatable bonds is 2. The SMILES string of the molecule is Cn1nnc2c(C(=O)NC3CCC(F)CC3)ncn2c1=O. The first-order valence-electron chi connectivity index (χ1n) is 6.78. The first kappa shape index (κ1) is 13.7. The van der Waals surface area contributed by atoms with Crippen LogP contribution in [0.5, 0.6) is 0 Å². The van der Waals surface area contributed by atoms with E-state index >= 15 is 0 Å². The molecule has 3 rings (SSSR count). The molecule has 2 heterocycles. The molecule has 112 valence electrons. The first-order chi connectivity index (χ1) is 10.1. The van der Waals surface area contributed by atoms with Crippen LogP contribution in [0.25, 0.3) is 5.65 Å². The predicted molar refractivity (Wildman–Crippen MR) is 70.6 cm³/mol. The fourth-order valence-corrected chi connectivity index (χ4v) is 2.49. The maximum Gasteiger partial charge on any atom is 0.352 e. The normalized spacial score (nSPS) is 22.4. The van der Waals surface area contributed by atoms with E-state index in [2.05, 4.69) is 20.6 Å². The maximum absolute atomic E-state index is 13.1. The van der Waals surface area contributed by atoms with Crippen LogP contribution in [0.2, 0.25) is 0 Å². The van der Waals surface area contributed by atoms with Crippen LogP contribution < -0.4 is 11.0 Å². The Kier molecular flexibility index (Phi) is 3.40. The smallest absolute Gasteiger partial charge is 0.348 e. The van der Waals surface area contributed by atoms with E-state index < -0.39 is 17.8 Å². The number of imidazole rings is 1. The van der Waals surface area contributed by atoms with Gasteiger partial charge in [-0.15, -0.1) is 5.10 Å². The number of hydrogen-bond donors (Lipinski definition) is 1. The van der Waals surface area contributed by atoms with Crippen LogP contribution in [-0.2, 0) is 7.05 Å². The standard InChI is InChI=1S/C12H15FN6O2/c1-18-12(21)19-6-14-9(10(19)16-17-18)11(20)15-8-4-2-7(13)3-5-8/h6-8H,2-5H2,1H3,(H,15,20). The van der Waals surface area contributed by atoms with E-state index in [1.807, 2.05) is 0 Å². The summed E-state index contributed by atoms with van der Waals surface area (Å²) in [6.07, 6.45) is 2.59. The second-order valence-electron chi connectivity index (χ2n) is 5.20. The number of aromatic nitrogens is 5. The fraction of sp³-hybridized carbons (Fsp3) is 0.583. The van der Waals surface area contributed by atoms with Crippen LogP contribution >= 0.6 is 0 Å². The Bertz CT molecular complexity index is 731. The van der Waals surface area contributed by atoms with E-state index in [1.165, 1.54) is 17.8 Å². The third-order valence-corrected chi connectivity index (χ3v) is 3.71. The van der Waals surface area contributed by atoms with Crippen LogP contribution in [0.15, 0.2) is 11.1 Å². The van der Waals surface area contributed by atoms with Crippen LogP contribution in [0.1, 0.15) is 36.2 Å². The molecule has 2 aromatic rings. The van der Waals surface area contributed by atoms with Crippen LogP contribution in [0, 0.1) is 0 Å². The second kappa shape index (κ2) is 5.23. The summed E-state index contributed by atoms with van der Waals surface area (Å²) in [5.74, 6) is -0.414. The van der Waals surface area contributed by atoms with Crippen molar-refractivity contribution in [3.8, 4) is 0 Å². The molecule has 0 bridgehead atoms. The molecule has 0 unspecified atom stereocenters. The predicted octanol–water partition coefficient (Wildman–Crippen LogP) is -0.167. The highest BCUT2D eigenvalue weighted by Gasteiger charge is 2.24. The molecular weight excluding hydrogens is 279 g/mol. The van der Waals surface area contributed by atoms with Gasteiger partial charge in [0.25, 0.3) is 5.91 Å². The monoisotopic (exact) mass is 294 g/mol. The summed E-state index contributed by atoms with van der Waals surface area (Å²) in [5.41, 5.74) is -0.248. The van der Waals surface area contributed by atoms with Crippen molar-refractivity contribution in [2.75, 3.05) is 0 Å². The second-order valence-corrected chi connectivity index (χ2v) is 5.20. The Morgan fingerprint density at radius 2 is 2.10 bits per heavy atom. The van der Waals surface area contributed by atoms with Gasteiger partial charge in [-0.2, -0.15) is 4.68 Å². The number of carbonyl (C=O) groups excluding carboxylic acids is 1. The topological polar surface area (TPSA) is 94.2 Å². The van der Waals surface area contributed by atoms with E-state index in [0.717, 1.165) is 4.68 Å². The number of hydrogen-bond acceptors (Lipinski definition) is 5. The molecule has 1 N–H and O–H groups in total. The lowest BCUT2D eigenvalue weighted by Crippen LogP contribution is -2.38. The molecule has 0 spiro atoms. The Balaban J connectivity index is 1.82. The fourth-order valence-electron chi connectivity index (χ4n) is 2.49. The van der Waals surface area contributed by atoms with Gasteiger partial charge >= 0.3 is 5.69 Å². The summed E-state index contributed by atoms with van der Waals surface area (Å²) in [6.45, 7) is 0. The Hall–Kier alpha value is -2.32. The molecule has 0 radical (unpaired) electrons. The quantitative estimate of drug-likeness (QED) is 0.830. The Morgan fingerprint density at radius 1 is 1.38 bits per heavy atom. The highest BCUT2D eigenvalue weighted by atomic mass is 19.1. The Labute approximate surface area is 119 Å². The zero-order valence-electron chi connectivity index (χ0n) is 11.5. The van der Waals surface area contributed by atoms with Crippen molar-refractivity contribution in [1.29, 1.82) is 0 Å². The van der Waals surface area contributed by atoms with E-state index in [9.17, 15) is 14.0 Å². The zero-order chi connectivity index (χ0) is 15.0. The molecule has 8 nitrogen and oxygen atoms in total. The van der Waals surface area contributed by atoms with Crippen molar-refractivity contribution < 1.29 is 9.18 Å². The van der Waals surface area contributed by atoms with Crippen molar-refractivity contribution in [2.24, 2.45) is 7.05 Å². The zero-order valence-corrected chi connectivity index (χ0v) is 11.5. The highest BCUT2D eigenvalue weighted by molar-refractivity contribution is 5.97. The maximum atomic E-state index is 13.1. The number of nitrogens with one attached hydrogen (secondary N) is 1. The first-order valence-corrected chi connectivity index (χ1v) is 6.78. The lowest BCUT2D eigenvalue weighted by Gasteiger charge is -2.24. The van der Waals surface area contributed by atoms with E-state index in [1.54, 1.807) is 0 Å². The average molecular weight is 294 g/mol. The third-order valence-electron chi connectivity index (χ3n) is 3.71. The van der Waals surface area contributed by atoms with Crippen molar-refractivity contribution in [2.45, 2.75) is 37.9 Å². The summed E-state index contributed by atoms with van der Waals surface area (Å²) in [7, 11) is 1.46. The lowest BCUT2D eigenvalue weighted by molar-refractivity contribution is 0.0913. The van der Waals surface area contributed by atoms with Gasteiger partial charge in [-0.05, 0) is 25.7 Å². The molecule has 1 aliphatic carbocycles. The van der Waals surface area contributed by atoms with Crippen LogP contribution in [0.4, 0.5) is 4.39 Å². The van der Waals surface area contributed by atoms with Gasteiger partial charge in [-0.3, -0.25) is 4.79 Å². The highest BCUT2D eigenvalue weighted by Crippen LogP contribution is 2.21. The summed E-state index contributed by atoms with van der Waals surface area (Å²) in [6, 6.07) is -0.0687. The summed E-state index contributed by atoms with van der Waals surface area (Å²) >= 11 is 0. The number of fused-ring (bicyclic) bond motifs is 1. The van der Waals surface area contributed by atoms with Crippen LogP contribution in [0.3, 0.4) is 0 Å². The molecule has 21 heavy (non-hydrogen) atoms. The van der Waals surface area contributed by atoms with Gasteiger partial charge in [0, 0.05) is 13.1 Å². The largest absolute Gasteiger partial charge is 0.352 e. The summed E-state index contributed by atoms with van der Waals surface area (Å²) < 4.78 is 15.3. The molecule has 0 saturated heterocycles. The lowest BCUT2D eigenvalue weighted by atomic mass is 9.94. The third kappa shape index (κ3) is 2.50. The molecule has 1 fully saturated rings. The molecule has 2 aromatic heterocycles. The van der Waals surface area contributed by atoms with Gasteiger partial charge in [0.2, 0.25) is 0 Å². The molecule has 0 aromatic carbocycles. The number of carbonyl (C=O) groups is 1. The minimum atomic E-state index is -0.777. The van der Waals surface area contributed by atoms with E-state index in [-0.39, 0.29) is 17.4 Å². The van der Waals surface area contributed by atoms with Crippen molar-refractivity contribution in [3.63, 3.8) is 0 Å². The Morgan fingerprint density at radius 3 is 2.81 bits per heavy atom. The van der Waals surface area contributed by atoms with E-state index in [0.29, 0.717) is 25.7 Å². The van der Waals surface area contributed by atoms with Gasteiger partial charge in [-0.25, -0.2) is 18.6 Å². The van der Waals surface area contributed by atoms with Crippen molar-refractivity contribution in [1.82, 2.24) is 29.7 Å². The number of amides is 1.